The second-order valence-corrected chi connectivity index (χ2v) is 5.00. The predicted octanol–water partition coefficient (Wildman–Crippen LogP) is 3.69. The Morgan fingerprint density at radius 1 is 1.04 bits per heavy atom. The average molecular weight is 330 g/mol. The summed E-state index contributed by atoms with van der Waals surface area (Å²) in [6.07, 6.45) is 1.76. The predicted molar refractivity (Wildman–Crippen MR) is 80.3 cm³/mol. The van der Waals surface area contributed by atoms with Crippen molar-refractivity contribution in [1.82, 2.24) is 19.6 Å². The molecule has 120 valence electrons. The molecule has 0 atom stereocenters. The van der Waals surface area contributed by atoms with Crippen LogP contribution in [0.3, 0.4) is 0 Å². The number of pyridine rings is 2. The quantitative estimate of drug-likeness (QED) is 0.575. The van der Waals surface area contributed by atoms with Crippen LogP contribution in [0.5, 0.6) is 5.75 Å². The summed E-state index contributed by atoms with van der Waals surface area (Å²) in [6.45, 7) is -3.07. The molecule has 0 aliphatic rings. The fourth-order valence-corrected chi connectivity index (χ4v) is 2.49. The molecule has 1 aromatic carbocycles. The van der Waals surface area contributed by atoms with Gasteiger partial charge in [-0.3, -0.25) is 4.40 Å². The first-order valence-electron chi connectivity index (χ1n) is 6.97. The lowest BCUT2D eigenvalue weighted by Gasteiger charge is -2.09. The SMILES string of the molecule is Fc1cc(OC(F)F)c2nc(-c3nnc4ccccn34)ccc2c1. The van der Waals surface area contributed by atoms with Crippen molar-refractivity contribution in [2.75, 3.05) is 0 Å². The molecule has 4 aromatic rings. The third-order valence-corrected chi connectivity index (χ3v) is 3.48. The molecule has 0 spiro atoms. The van der Waals surface area contributed by atoms with Gasteiger partial charge in [-0.25, -0.2) is 9.37 Å². The number of rotatable bonds is 3. The van der Waals surface area contributed by atoms with Crippen LogP contribution in [0, 0.1) is 5.82 Å². The lowest BCUT2D eigenvalue weighted by Crippen LogP contribution is -2.04. The molecule has 0 radical (unpaired) electrons. The van der Waals surface area contributed by atoms with Gasteiger partial charge >= 0.3 is 6.61 Å². The van der Waals surface area contributed by atoms with Crippen LogP contribution in [0.2, 0.25) is 0 Å². The second kappa shape index (κ2) is 5.48. The Balaban J connectivity index is 1.93. The second-order valence-electron chi connectivity index (χ2n) is 5.00. The number of benzene rings is 1. The maximum Gasteiger partial charge on any atom is 0.387 e. The standard InChI is InChI=1S/C16H9F3N4O/c17-10-7-9-4-5-11(20-14(9)12(8-10)24-16(18)19)15-22-21-13-3-1-2-6-23(13)15/h1-8,16H. The van der Waals surface area contributed by atoms with Gasteiger partial charge in [0.2, 0.25) is 0 Å². The minimum atomic E-state index is -3.07. The molecule has 0 fully saturated rings. The van der Waals surface area contributed by atoms with E-state index in [1.54, 1.807) is 28.8 Å². The number of hydrogen-bond acceptors (Lipinski definition) is 4. The molecular formula is C16H9F3N4O. The molecule has 24 heavy (non-hydrogen) atoms. The molecule has 0 N–H and O–H groups in total. The van der Waals surface area contributed by atoms with Gasteiger partial charge in [-0.2, -0.15) is 8.78 Å². The third kappa shape index (κ3) is 2.41. The van der Waals surface area contributed by atoms with Gasteiger partial charge in [-0.1, -0.05) is 12.1 Å². The van der Waals surface area contributed by atoms with E-state index in [0.29, 0.717) is 22.6 Å². The molecule has 0 saturated carbocycles. The summed E-state index contributed by atoms with van der Waals surface area (Å²) in [5.74, 6) is -0.559. The highest BCUT2D eigenvalue weighted by Gasteiger charge is 2.15. The molecule has 8 heteroatoms. The van der Waals surface area contributed by atoms with E-state index < -0.39 is 12.4 Å². The van der Waals surface area contributed by atoms with Crippen molar-refractivity contribution < 1.29 is 17.9 Å². The van der Waals surface area contributed by atoms with Gasteiger partial charge < -0.3 is 4.74 Å². The van der Waals surface area contributed by atoms with Crippen LogP contribution in [0.15, 0.2) is 48.7 Å². The molecule has 0 aliphatic heterocycles. The maximum absolute atomic E-state index is 13.6. The zero-order valence-corrected chi connectivity index (χ0v) is 12.0. The summed E-state index contributed by atoms with van der Waals surface area (Å²) >= 11 is 0. The number of halogens is 3. The van der Waals surface area contributed by atoms with Crippen molar-refractivity contribution in [1.29, 1.82) is 0 Å². The highest BCUT2D eigenvalue weighted by Crippen LogP contribution is 2.29. The Bertz CT molecular complexity index is 1050. The van der Waals surface area contributed by atoms with Crippen LogP contribution < -0.4 is 4.74 Å². The first-order valence-corrected chi connectivity index (χ1v) is 6.97. The normalized spacial score (nSPS) is 11.5. The molecule has 4 rings (SSSR count). The highest BCUT2D eigenvalue weighted by atomic mass is 19.3. The zero-order valence-electron chi connectivity index (χ0n) is 12.0. The van der Waals surface area contributed by atoms with Crippen molar-refractivity contribution in [3.05, 3.63) is 54.5 Å². The Hall–Kier alpha value is -3.16. The van der Waals surface area contributed by atoms with E-state index in [2.05, 4.69) is 19.9 Å². The monoisotopic (exact) mass is 330 g/mol. The lowest BCUT2D eigenvalue weighted by atomic mass is 10.1. The summed E-state index contributed by atoms with van der Waals surface area (Å²) in [5, 5.41) is 8.44. The molecular weight excluding hydrogens is 321 g/mol. The van der Waals surface area contributed by atoms with Gasteiger partial charge in [-0.05, 0) is 24.3 Å². The van der Waals surface area contributed by atoms with Gasteiger partial charge in [0.1, 0.15) is 17.0 Å². The molecule has 0 bridgehead atoms. The number of ether oxygens (including phenoxy) is 1. The van der Waals surface area contributed by atoms with Crippen molar-refractivity contribution >= 4 is 16.6 Å². The average Bonchev–Trinajstić information content (AvgIpc) is 2.98. The van der Waals surface area contributed by atoms with Gasteiger partial charge in [0.15, 0.2) is 17.2 Å². The number of fused-ring (bicyclic) bond motifs is 2. The smallest absolute Gasteiger partial charge is 0.387 e. The van der Waals surface area contributed by atoms with Crippen molar-refractivity contribution in [3.63, 3.8) is 0 Å². The lowest BCUT2D eigenvalue weighted by molar-refractivity contribution is -0.0490. The summed E-state index contributed by atoms with van der Waals surface area (Å²) < 4.78 is 44.8. The summed E-state index contributed by atoms with van der Waals surface area (Å²) in [7, 11) is 0. The molecule has 0 amide bonds. The van der Waals surface area contributed by atoms with Crippen molar-refractivity contribution in [2.45, 2.75) is 6.61 Å². The van der Waals surface area contributed by atoms with Crippen LogP contribution >= 0.6 is 0 Å². The number of aromatic nitrogens is 4. The van der Waals surface area contributed by atoms with E-state index in [4.69, 9.17) is 0 Å². The largest absolute Gasteiger partial charge is 0.432 e. The van der Waals surface area contributed by atoms with Crippen molar-refractivity contribution in [2.24, 2.45) is 0 Å². The van der Waals surface area contributed by atoms with Crippen LogP contribution in [0.1, 0.15) is 0 Å². The Morgan fingerprint density at radius 3 is 2.75 bits per heavy atom. The Kier molecular flexibility index (Phi) is 3.30. The van der Waals surface area contributed by atoms with Gasteiger partial charge in [0.05, 0.1) is 0 Å². The number of nitrogens with zero attached hydrogens (tertiary/aromatic N) is 4. The molecule has 0 saturated heterocycles. The van der Waals surface area contributed by atoms with Gasteiger partial charge in [-0.15, -0.1) is 10.2 Å². The first-order chi connectivity index (χ1) is 11.6. The highest BCUT2D eigenvalue weighted by molar-refractivity contribution is 5.86. The van der Waals surface area contributed by atoms with E-state index in [1.807, 2.05) is 12.1 Å². The van der Waals surface area contributed by atoms with E-state index in [0.717, 1.165) is 6.07 Å². The number of alkyl halides is 2. The zero-order chi connectivity index (χ0) is 16.7. The third-order valence-electron chi connectivity index (χ3n) is 3.48. The Morgan fingerprint density at radius 2 is 1.92 bits per heavy atom. The van der Waals surface area contributed by atoms with Crippen LogP contribution in [-0.4, -0.2) is 26.2 Å². The Labute approximate surface area is 133 Å². The van der Waals surface area contributed by atoms with E-state index in [9.17, 15) is 13.2 Å². The topological polar surface area (TPSA) is 52.3 Å². The minimum absolute atomic E-state index is 0.127. The van der Waals surface area contributed by atoms with Gasteiger partial charge in [0.25, 0.3) is 0 Å². The van der Waals surface area contributed by atoms with Crippen molar-refractivity contribution in [3.8, 4) is 17.3 Å². The summed E-state index contributed by atoms with van der Waals surface area (Å²) in [5.41, 5.74) is 1.16. The molecule has 0 unspecified atom stereocenters. The van der Waals surface area contributed by atoms with Crippen LogP contribution in [0.4, 0.5) is 13.2 Å². The van der Waals surface area contributed by atoms with E-state index in [-0.39, 0.29) is 11.3 Å². The molecule has 3 aromatic heterocycles. The summed E-state index contributed by atoms with van der Waals surface area (Å²) in [4.78, 5) is 4.31. The first kappa shape index (κ1) is 14.4. The van der Waals surface area contributed by atoms with Crippen LogP contribution in [-0.2, 0) is 0 Å². The number of hydrogen-bond donors (Lipinski definition) is 0. The van der Waals surface area contributed by atoms with Gasteiger partial charge in [0, 0.05) is 17.6 Å². The maximum atomic E-state index is 13.6. The van der Waals surface area contributed by atoms with E-state index in [1.165, 1.54) is 6.07 Å². The minimum Gasteiger partial charge on any atom is -0.432 e. The fourth-order valence-electron chi connectivity index (χ4n) is 2.49. The summed E-state index contributed by atoms with van der Waals surface area (Å²) in [6, 6.07) is 10.7. The molecule has 3 heterocycles. The van der Waals surface area contributed by atoms with E-state index >= 15 is 0 Å². The fraction of sp³-hybridized carbons (Fsp3) is 0.0625. The molecule has 0 aliphatic carbocycles. The molecule has 5 nitrogen and oxygen atoms in total. The van der Waals surface area contributed by atoms with Crippen LogP contribution in [0.25, 0.3) is 28.1 Å².